The van der Waals surface area contributed by atoms with Crippen molar-refractivity contribution in [1.82, 2.24) is 5.32 Å². The molecule has 0 aliphatic carbocycles. The van der Waals surface area contributed by atoms with Gasteiger partial charge in [-0.1, -0.05) is 42.5 Å². The summed E-state index contributed by atoms with van der Waals surface area (Å²) in [6.07, 6.45) is -0.589. The van der Waals surface area contributed by atoms with Crippen LogP contribution in [0.4, 0.5) is 4.39 Å². The maximum absolute atomic E-state index is 12.9. The molecule has 0 radical (unpaired) electrons. The van der Waals surface area contributed by atoms with E-state index in [-0.39, 0.29) is 11.7 Å². The Balaban J connectivity index is 1.46. The van der Waals surface area contributed by atoms with E-state index in [0.29, 0.717) is 24.7 Å². The van der Waals surface area contributed by atoms with Crippen molar-refractivity contribution in [2.45, 2.75) is 33.1 Å². The van der Waals surface area contributed by atoms with Crippen LogP contribution >= 0.6 is 0 Å². The largest absolute Gasteiger partial charge is 0.489 e. The number of carbonyl (C=O) groups is 1. The lowest BCUT2D eigenvalue weighted by molar-refractivity contribution is -0.127. The molecule has 1 atom stereocenters. The van der Waals surface area contributed by atoms with Crippen LogP contribution in [0.15, 0.2) is 72.8 Å². The summed E-state index contributed by atoms with van der Waals surface area (Å²) in [5.74, 6) is 0.974. The molecule has 5 heteroatoms. The Morgan fingerprint density at radius 1 is 0.966 bits per heavy atom. The molecule has 0 bridgehead atoms. The number of halogens is 1. The highest BCUT2D eigenvalue weighted by molar-refractivity contribution is 5.80. The predicted octanol–water partition coefficient (Wildman–Crippen LogP) is 4.80. The van der Waals surface area contributed by atoms with Crippen molar-refractivity contribution in [1.29, 1.82) is 0 Å². The zero-order valence-corrected chi connectivity index (χ0v) is 16.5. The fraction of sp³-hybridized carbons (Fsp3) is 0.208. The zero-order chi connectivity index (χ0) is 20.6. The minimum absolute atomic E-state index is 0.176. The van der Waals surface area contributed by atoms with Crippen LogP contribution in [0.3, 0.4) is 0 Å². The Hall–Kier alpha value is -3.34. The van der Waals surface area contributed by atoms with Crippen LogP contribution in [0.25, 0.3) is 0 Å². The molecule has 1 N–H and O–H groups in total. The molecule has 29 heavy (non-hydrogen) atoms. The van der Waals surface area contributed by atoms with Gasteiger partial charge in [0.05, 0.1) is 0 Å². The first-order valence-electron chi connectivity index (χ1n) is 9.47. The molecule has 3 aromatic rings. The highest BCUT2D eigenvalue weighted by Gasteiger charge is 2.15. The van der Waals surface area contributed by atoms with Crippen LogP contribution < -0.4 is 14.8 Å². The number of hydrogen-bond donors (Lipinski definition) is 1. The molecule has 0 saturated carbocycles. The Morgan fingerprint density at radius 3 is 2.31 bits per heavy atom. The molecule has 0 aromatic heterocycles. The molecule has 0 spiro atoms. The standard InChI is InChI=1S/C24H24FNO3/c1-17-5-3-4-6-23(17)29-18(2)24(27)26-15-19-9-13-22(14-10-19)28-16-20-7-11-21(25)12-8-20/h3-14,18H,15-16H2,1-2H3,(H,26,27). The second-order valence-electron chi connectivity index (χ2n) is 6.80. The fourth-order valence-electron chi connectivity index (χ4n) is 2.72. The number of nitrogens with one attached hydrogen (secondary N) is 1. The Kier molecular flexibility index (Phi) is 6.85. The van der Waals surface area contributed by atoms with Crippen molar-refractivity contribution in [2.24, 2.45) is 0 Å². The molecule has 0 heterocycles. The average molecular weight is 393 g/mol. The monoisotopic (exact) mass is 393 g/mol. The highest BCUT2D eigenvalue weighted by atomic mass is 19.1. The van der Waals surface area contributed by atoms with Crippen LogP contribution in [0.2, 0.25) is 0 Å². The minimum Gasteiger partial charge on any atom is -0.489 e. The molecular weight excluding hydrogens is 369 g/mol. The van der Waals surface area contributed by atoms with Gasteiger partial charge in [-0.05, 0) is 60.9 Å². The first kappa shape index (κ1) is 20.4. The maximum Gasteiger partial charge on any atom is 0.261 e. The van der Waals surface area contributed by atoms with Gasteiger partial charge in [0.1, 0.15) is 23.9 Å². The summed E-state index contributed by atoms with van der Waals surface area (Å²) >= 11 is 0. The van der Waals surface area contributed by atoms with Gasteiger partial charge in [0.15, 0.2) is 6.10 Å². The van der Waals surface area contributed by atoms with Crippen LogP contribution in [0.1, 0.15) is 23.6 Å². The van der Waals surface area contributed by atoms with E-state index in [1.807, 2.05) is 55.5 Å². The summed E-state index contributed by atoms with van der Waals surface area (Å²) in [6.45, 7) is 4.44. The molecule has 150 valence electrons. The lowest BCUT2D eigenvalue weighted by atomic mass is 10.2. The van der Waals surface area contributed by atoms with Crippen LogP contribution in [-0.2, 0) is 17.9 Å². The second-order valence-corrected chi connectivity index (χ2v) is 6.80. The molecule has 0 fully saturated rings. The van der Waals surface area contributed by atoms with E-state index in [1.54, 1.807) is 19.1 Å². The molecular formula is C24H24FNO3. The van der Waals surface area contributed by atoms with Gasteiger partial charge in [-0.15, -0.1) is 0 Å². The number of ether oxygens (including phenoxy) is 2. The zero-order valence-electron chi connectivity index (χ0n) is 16.5. The lowest BCUT2D eigenvalue weighted by Gasteiger charge is -2.16. The van der Waals surface area contributed by atoms with Gasteiger partial charge in [0.2, 0.25) is 0 Å². The number of rotatable bonds is 8. The Bertz CT molecular complexity index is 939. The van der Waals surface area contributed by atoms with Crippen molar-refractivity contribution in [3.63, 3.8) is 0 Å². The number of amides is 1. The van der Waals surface area contributed by atoms with Crippen molar-refractivity contribution < 1.29 is 18.7 Å². The van der Waals surface area contributed by atoms with E-state index in [9.17, 15) is 9.18 Å². The number of benzene rings is 3. The summed E-state index contributed by atoms with van der Waals surface area (Å²) in [4.78, 5) is 12.3. The second kappa shape index (κ2) is 9.73. The molecule has 0 aliphatic heterocycles. The van der Waals surface area contributed by atoms with E-state index in [0.717, 1.165) is 16.7 Å². The minimum atomic E-state index is -0.589. The number of carbonyl (C=O) groups excluding carboxylic acids is 1. The number of hydrogen-bond acceptors (Lipinski definition) is 3. The molecule has 4 nitrogen and oxygen atoms in total. The normalized spacial score (nSPS) is 11.6. The maximum atomic E-state index is 12.9. The molecule has 1 unspecified atom stereocenters. The van der Waals surface area contributed by atoms with E-state index < -0.39 is 6.10 Å². The highest BCUT2D eigenvalue weighted by Crippen LogP contribution is 2.18. The van der Waals surface area contributed by atoms with Crippen LogP contribution in [-0.4, -0.2) is 12.0 Å². The lowest BCUT2D eigenvalue weighted by Crippen LogP contribution is -2.36. The summed E-state index contributed by atoms with van der Waals surface area (Å²) in [6, 6.07) is 21.3. The number of para-hydroxylation sites is 1. The summed E-state index contributed by atoms with van der Waals surface area (Å²) in [5, 5.41) is 2.88. The third kappa shape index (κ3) is 6.07. The molecule has 3 rings (SSSR count). The molecule has 0 saturated heterocycles. The van der Waals surface area contributed by atoms with E-state index in [2.05, 4.69) is 5.32 Å². The predicted molar refractivity (Wildman–Crippen MR) is 110 cm³/mol. The van der Waals surface area contributed by atoms with Crippen molar-refractivity contribution in [2.75, 3.05) is 0 Å². The van der Waals surface area contributed by atoms with E-state index in [1.165, 1.54) is 12.1 Å². The summed E-state index contributed by atoms with van der Waals surface area (Å²) in [5.41, 5.74) is 2.84. The Labute approximate surface area is 170 Å². The Morgan fingerprint density at radius 2 is 1.62 bits per heavy atom. The van der Waals surface area contributed by atoms with Crippen molar-refractivity contribution in [3.8, 4) is 11.5 Å². The molecule has 3 aromatic carbocycles. The van der Waals surface area contributed by atoms with Gasteiger partial charge in [0, 0.05) is 6.54 Å². The van der Waals surface area contributed by atoms with Gasteiger partial charge in [0.25, 0.3) is 5.91 Å². The quantitative estimate of drug-likeness (QED) is 0.598. The van der Waals surface area contributed by atoms with Gasteiger partial charge >= 0.3 is 0 Å². The third-order valence-electron chi connectivity index (χ3n) is 4.48. The van der Waals surface area contributed by atoms with Gasteiger partial charge in [-0.3, -0.25) is 4.79 Å². The third-order valence-corrected chi connectivity index (χ3v) is 4.48. The molecule has 0 aliphatic rings. The van der Waals surface area contributed by atoms with Gasteiger partial charge in [-0.2, -0.15) is 0 Å². The van der Waals surface area contributed by atoms with E-state index >= 15 is 0 Å². The topological polar surface area (TPSA) is 47.6 Å². The first-order chi connectivity index (χ1) is 14.0. The SMILES string of the molecule is Cc1ccccc1OC(C)C(=O)NCc1ccc(OCc2ccc(F)cc2)cc1. The van der Waals surface area contributed by atoms with E-state index in [4.69, 9.17) is 9.47 Å². The van der Waals surface area contributed by atoms with Gasteiger partial charge in [-0.25, -0.2) is 4.39 Å². The number of aryl methyl sites for hydroxylation is 1. The van der Waals surface area contributed by atoms with Crippen LogP contribution in [0, 0.1) is 12.7 Å². The smallest absolute Gasteiger partial charge is 0.261 e. The fourth-order valence-corrected chi connectivity index (χ4v) is 2.72. The summed E-state index contributed by atoms with van der Waals surface area (Å²) < 4.78 is 24.4. The average Bonchev–Trinajstić information content (AvgIpc) is 2.74. The first-order valence-corrected chi connectivity index (χ1v) is 9.47. The van der Waals surface area contributed by atoms with Crippen molar-refractivity contribution in [3.05, 3.63) is 95.3 Å². The van der Waals surface area contributed by atoms with Gasteiger partial charge < -0.3 is 14.8 Å². The molecule has 1 amide bonds. The summed E-state index contributed by atoms with van der Waals surface area (Å²) in [7, 11) is 0. The van der Waals surface area contributed by atoms with Crippen molar-refractivity contribution >= 4 is 5.91 Å². The van der Waals surface area contributed by atoms with Crippen LogP contribution in [0.5, 0.6) is 11.5 Å².